The fourth-order valence-corrected chi connectivity index (χ4v) is 5.38. The highest BCUT2D eigenvalue weighted by Gasteiger charge is 2.27. The predicted molar refractivity (Wildman–Crippen MR) is 155 cm³/mol. The van der Waals surface area contributed by atoms with Gasteiger partial charge in [0.15, 0.2) is 0 Å². The third-order valence-corrected chi connectivity index (χ3v) is 7.45. The quantitative estimate of drug-likeness (QED) is 0.177. The number of rotatable bonds is 10. The molecule has 10 nitrogen and oxygen atoms in total. The molecule has 0 fully saturated rings. The van der Waals surface area contributed by atoms with Gasteiger partial charge in [0, 0.05) is 53.6 Å². The molecule has 0 saturated carbocycles. The first kappa shape index (κ1) is 28.8. The number of carbonyl (C=O) groups is 1. The summed E-state index contributed by atoms with van der Waals surface area (Å²) in [5, 5.41) is 16.7. The fraction of sp³-hybridized carbons (Fsp3) is 0.207. The standard InChI is InChI=1S/C29H26F2N6O4S/c1-5-23(38)33-15(2)20-13-21(36-35-20)28-26(25-19(31)11-17(30)12-22(25)41-8-7-40-4)29-18(6-9-42-29)27(34-28)16-10-24(39)37(3)32-14-16/h5-6,9-15H,1,7-8H2,2-4H3,(H,33,38)(H,35,36). The Labute approximate surface area is 242 Å². The van der Waals surface area contributed by atoms with Crippen molar-refractivity contribution < 1.29 is 23.0 Å². The van der Waals surface area contributed by atoms with Crippen LogP contribution in [0.25, 0.3) is 43.9 Å². The van der Waals surface area contributed by atoms with Crippen LogP contribution in [0.3, 0.4) is 0 Å². The van der Waals surface area contributed by atoms with E-state index in [-0.39, 0.29) is 41.7 Å². The maximum Gasteiger partial charge on any atom is 0.267 e. The van der Waals surface area contributed by atoms with E-state index in [9.17, 15) is 14.0 Å². The molecule has 0 radical (unpaired) electrons. The minimum atomic E-state index is -0.856. The molecule has 0 bridgehead atoms. The molecule has 1 amide bonds. The van der Waals surface area contributed by atoms with Crippen LogP contribution in [-0.2, 0) is 16.6 Å². The lowest BCUT2D eigenvalue weighted by Crippen LogP contribution is -2.24. The molecule has 42 heavy (non-hydrogen) atoms. The number of nitrogens with one attached hydrogen (secondary N) is 2. The number of carbonyl (C=O) groups excluding carboxylic acids is 1. The van der Waals surface area contributed by atoms with Crippen molar-refractivity contribution in [2.75, 3.05) is 20.3 Å². The first-order valence-electron chi connectivity index (χ1n) is 12.8. The minimum absolute atomic E-state index is 0.00587. The molecule has 0 spiro atoms. The van der Waals surface area contributed by atoms with Gasteiger partial charge in [0.25, 0.3) is 5.56 Å². The van der Waals surface area contributed by atoms with Crippen molar-refractivity contribution >= 4 is 27.3 Å². The Kier molecular flexibility index (Phi) is 8.22. The number of H-pyrrole nitrogens is 1. The van der Waals surface area contributed by atoms with E-state index in [4.69, 9.17) is 14.5 Å². The van der Waals surface area contributed by atoms with Gasteiger partial charge in [-0.2, -0.15) is 10.2 Å². The van der Waals surface area contributed by atoms with E-state index in [1.54, 1.807) is 13.0 Å². The number of fused-ring (bicyclic) bond motifs is 1. The first-order chi connectivity index (χ1) is 20.2. The number of hydrogen-bond acceptors (Lipinski definition) is 8. The normalized spacial score (nSPS) is 11.9. The Morgan fingerprint density at radius 3 is 2.76 bits per heavy atom. The predicted octanol–water partition coefficient (Wildman–Crippen LogP) is 4.78. The fourth-order valence-electron chi connectivity index (χ4n) is 4.43. The third-order valence-electron chi connectivity index (χ3n) is 6.51. The van der Waals surface area contributed by atoms with Crippen molar-refractivity contribution in [3.8, 4) is 39.5 Å². The molecule has 5 rings (SSSR count). The lowest BCUT2D eigenvalue weighted by Gasteiger charge is -2.17. The Morgan fingerprint density at radius 2 is 2.02 bits per heavy atom. The molecule has 1 unspecified atom stereocenters. The van der Waals surface area contributed by atoms with Gasteiger partial charge >= 0.3 is 0 Å². The zero-order valence-electron chi connectivity index (χ0n) is 22.9. The van der Waals surface area contributed by atoms with Gasteiger partial charge in [-0.1, -0.05) is 6.58 Å². The average molecular weight is 593 g/mol. The van der Waals surface area contributed by atoms with Crippen LogP contribution in [-0.4, -0.2) is 51.2 Å². The van der Waals surface area contributed by atoms with E-state index in [0.29, 0.717) is 38.3 Å². The van der Waals surface area contributed by atoms with Gasteiger partial charge in [-0.15, -0.1) is 11.3 Å². The Bertz CT molecular complexity index is 1860. The van der Waals surface area contributed by atoms with Crippen LogP contribution in [0.4, 0.5) is 8.78 Å². The monoisotopic (exact) mass is 592 g/mol. The molecule has 5 aromatic rings. The molecule has 0 aliphatic heterocycles. The van der Waals surface area contributed by atoms with Gasteiger partial charge in [0.2, 0.25) is 5.91 Å². The summed E-state index contributed by atoms with van der Waals surface area (Å²) in [6.45, 7) is 5.47. The number of amides is 1. The highest BCUT2D eigenvalue weighted by atomic mass is 32.1. The van der Waals surface area contributed by atoms with Crippen LogP contribution in [0.1, 0.15) is 18.7 Å². The number of pyridine rings is 1. The number of ether oxygens (including phenoxy) is 2. The van der Waals surface area contributed by atoms with Gasteiger partial charge in [-0.05, 0) is 30.5 Å². The Morgan fingerprint density at radius 1 is 1.21 bits per heavy atom. The van der Waals surface area contributed by atoms with Gasteiger partial charge in [-0.25, -0.2) is 18.4 Å². The summed E-state index contributed by atoms with van der Waals surface area (Å²) in [4.78, 5) is 29.3. The second-order valence-corrected chi connectivity index (χ2v) is 10.2. The molecule has 4 aromatic heterocycles. The van der Waals surface area contributed by atoms with Crippen LogP contribution in [0.15, 0.2) is 59.4 Å². The van der Waals surface area contributed by atoms with Crippen molar-refractivity contribution in [3.05, 3.63) is 82.2 Å². The van der Waals surface area contributed by atoms with E-state index in [1.165, 1.54) is 42.4 Å². The number of halogens is 2. The molecule has 2 N–H and O–H groups in total. The topological polar surface area (TPSA) is 124 Å². The van der Waals surface area contributed by atoms with Crippen molar-refractivity contribution in [1.82, 2.24) is 30.3 Å². The first-order valence-corrected chi connectivity index (χ1v) is 13.6. The van der Waals surface area contributed by atoms with E-state index < -0.39 is 17.7 Å². The van der Waals surface area contributed by atoms with E-state index >= 15 is 4.39 Å². The minimum Gasteiger partial charge on any atom is -0.490 e. The highest BCUT2D eigenvalue weighted by Crippen LogP contribution is 2.46. The number of thiophene rings is 1. The van der Waals surface area contributed by atoms with Crippen LogP contribution >= 0.6 is 11.3 Å². The maximum absolute atomic E-state index is 15.8. The summed E-state index contributed by atoms with van der Waals surface area (Å²) >= 11 is 1.32. The lowest BCUT2D eigenvalue weighted by molar-refractivity contribution is -0.117. The lowest BCUT2D eigenvalue weighted by atomic mass is 9.96. The van der Waals surface area contributed by atoms with Crippen LogP contribution in [0.5, 0.6) is 5.75 Å². The van der Waals surface area contributed by atoms with Crippen LogP contribution < -0.4 is 15.6 Å². The summed E-state index contributed by atoms with van der Waals surface area (Å²) in [5.41, 5.74) is 1.97. The summed E-state index contributed by atoms with van der Waals surface area (Å²) in [6.07, 6.45) is 2.68. The number of methoxy groups -OCH3 is 1. The molecule has 0 aliphatic rings. The second kappa shape index (κ2) is 12.0. The second-order valence-electron chi connectivity index (χ2n) is 9.30. The van der Waals surface area contributed by atoms with Crippen molar-refractivity contribution in [1.29, 1.82) is 0 Å². The van der Waals surface area contributed by atoms with Gasteiger partial charge in [-0.3, -0.25) is 14.7 Å². The van der Waals surface area contributed by atoms with Crippen LogP contribution in [0.2, 0.25) is 0 Å². The van der Waals surface area contributed by atoms with Crippen LogP contribution in [0, 0.1) is 11.6 Å². The summed E-state index contributed by atoms with van der Waals surface area (Å²) in [5.74, 6) is -2.07. The summed E-state index contributed by atoms with van der Waals surface area (Å²) < 4.78 is 42.8. The van der Waals surface area contributed by atoms with Gasteiger partial charge in [0.05, 0.1) is 35.8 Å². The molecule has 4 heterocycles. The number of aryl methyl sites for hydroxylation is 1. The Balaban J connectivity index is 1.80. The molecular formula is C29H26F2N6O4S. The molecule has 0 saturated heterocycles. The molecule has 216 valence electrons. The van der Waals surface area contributed by atoms with Crippen molar-refractivity contribution in [2.24, 2.45) is 7.05 Å². The zero-order valence-corrected chi connectivity index (χ0v) is 23.7. The van der Waals surface area contributed by atoms with E-state index in [0.717, 1.165) is 18.2 Å². The van der Waals surface area contributed by atoms with Gasteiger partial charge in [0.1, 0.15) is 35.4 Å². The zero-order chi connectivity index (χ0) is 30.0. The van der Waals surface area contributed by atoms with Crippen molar-refractivity contribution in [2.45, 2.75) is 13.0 Å². The highest BCUT2D eigenvalue weighted by molar-refractivity contribution is 7.18. The van der Waals surface area contributed by atoms with E-state index in [2.05, 4.69) is 27.2 Å². The van der Waals surface area contributed by atoms with Crippen molar-refractivity contribution in [3.63, 3.8) is 0 Å². The summed E-state index contributed by atoms with van der Waals surface area (Å²) in [6, 6.07) is 6.32. The molecular weight excluding hydrogens is 566 g/mol. The maximum atomic E-state index is 15.8. The summed E-state index contributed by atoms with van der Waals surface area (Å²) in [7, 11) is 3.03. The van der Waals surface area contributed by atoms with Gasteiger partial charge < -0.3 is 14.8 Å². The number of benzene rings is 1. The molecule has 1 atom stereocenters. The third kappa shape index (κ3) is 5.56. The molecule has 1 aromatic carbocycles. The molecule has 13 heteroatoms. The SMILES string of the molecule is C=CC(=O)NC(C)c1cc(-c2nc(-c3cnn(C)c(=O)c3)c3ccsc3c2-c2c(F)cc(F)cc2OCCOC)n[nH]1. The molecule has 0 aliphatic carbocycles. The number of aromatic nitrogens is 5. The Hall–Kier alpha value is -4.75. The average Bonchev–Trinajstić information content (AvgIpc) is 3.65. The number of hydrogen-bond donors (Lipinski definition) is 2. The number of nitrogens with zero attached hydrogens (tertiary/aromatic N) is 4. The number of aromatic amines is 1. The smallest absolute Gasteiger partial charge is 0.267 e. The largest absolute Gasteiger partial charge is 0.490 e. The van der Waals surface area contributed by atoms with E-state index in [1.807, 2.05) is 11.4 Å².